The van der Waals surface area contributed by atoms with Gasteiger partial charge in [0.05, 0.1) is 5.52 Å². The topological polar surface area (TPSA) is 61.5 Å². The van der Waals surface area contributed by atoms with E-state index in [1.807, 2.05) is 29.2 Å². The Morgan fingerprint density at radius 3 is 2.88 bits per heavy atom. The third-order valence-corrected chi connectivity index (χ3v) is 5.85. The molecule has 1 N–H and O–H groups in total. The number of carbonyl (C=O) groups is 1. The van der Waals surface area contributed by atoms with Crippen molar-refractivity contribution in [3.05, 3.63) is 30.0 Å². The first kappa shape index (κ1) is 16.5. The van der Waals surface area contributed by atoms with Gasteiger partial charge >= 0.3 is 0 Å². The smallest absolute Gasteiger partial charge is 0.275 e. The van der Waals surface area contributed by atoms with Gasteiger partial charge in [0.2, 0.25) is 0 Å². The number of fused-ring (bicyclic) bond motifs is 1. The van der Waals surface area contributed by atoms with Gasteiger partial charge in [0.25, 0.3) is 5.91 Å². The summed E-state index contributed by atoms with van der Waals surface area (Å²) in [5.41, 5.74) is 1.64. The van der Waals surface area contributed by atoms with Crippen LogP contribution in [0.3, 0.4) is 0 Å². The molecule has 0 radical (unpaired) electrons. The second-order valence-corrected chi connectivity index (χ2v) is 7.74. The minimum Gasteiger partial charge on any atom is -0.381 e. The number of hydrogen-bond acceptors (Lipinski definition) is 4. The molecule has 2 aromatic rings. The molecule has 25 heavy (non-hydrogen) atoms. The van der Waals surface area contributed by atoms with E-state index in [0.717, 1.165) is 56.6 Å². The van der Waals surface area contributed by atoms with Crippen molar-refractivity contribution in [3.8, 4) is 0 Å². The third kappa shape index (κ3) is 2.93. The molecule has 2 fully saturated rings. The van der Waals surface area contributed by atoms with Crippen LogP contribution >= 0.6 is 0 Å². The summed E-state index contributed by atoms with van der Waals surface area (Å²) in [6.45, 7) is 4.23. The number of benzene rings is 1. The number of hydrogen-bond donors (Lipinski definition) is 1. The van der Waals surface area contributed by atoms with Crippen LogP contribution in [0.5, 0.6) is 0 Å². The van der Waals surface area contributed by atoms with Crippen LogP contribution in [0.2, 0.25) is 0 Å². The molecule has 4 rings (SSSR count). The number of nitrogens with one attached hydrogen (secondary N) is 1. The Bertz CT molecular complexity index is 764. The van der Waals surface area contributed by atoms with E-state index in [-0.39, 0.29) is 11.3 Å². The van der Waals surface area contributed by atoms with Crippen LogP contribution in [0.4, 0.5) is 0 Å². The van der Waals surface area contributed by atoms with Gasteiger partial charge < -0.3 is 14.5 Å². The fourth-order valence-corrected chi connectivity index (χ4v) is 4.50. The van der Waals surface area contributed by atoms with Crippen molar-refractivity contribution in [2.24, 2.45) is 11.3 Å². The van der Waals surface area contributed by atoms with Crippen molar-refractivity contribution >= 4 is 16.8 Å². The predicted molar refractivity (Wildman–Crippen MR) is 96.5 cm³/mol. The number of rotatable bonds is 3. The largest absolute Gasteiger partial charge is 0.381 e. The minimum atomic E-state index is 0.0459. The molecule has 1 amide bonds. The van der Waals surface area contributed by atoms with Gasteiger partial charge in [-0.1, -0.05) is 18.2 Å². The fourth-order valence-electron chi connectivity index (χ4n) is 4.50. The Labute approximate surface area is 148 Å². The van der Waals surface area contributed by atoms with Gasteiger partial charge in [-0.25, -0.2) is 0 Å². The van der Waals surface area contributed by atoms with Crippen LogP contribution in [-0.4, -0.2) is 72.8 Å². The molecule has 134 valence electrons. The molecule has 0 aliphatic carbocycles. The maximum atomic E-state index is 13.2. The monoisotopic (exact) mass is 342 g/mol. The average Bonchev–Trinajstić information content (AvgIpc) is 3.17. The molecule has 1 spiro atoms. The quantitative estimate of drug-likeness (QED) is 0.927. The van der Waals surface area contributed by atoms with Gasteiger partial charge in [-0.15, -0.1) is 0 Å². The number of nitrogens with zero attached hydrogens (tertiary/aromatic N) is 3. The van der Waals surface area contributed by atoms with Crippen molar-refractivity contribution < 1.29 is 9.53 Å². The third-order valence-electron chi connectivity index (χ3n) is 5.85. The molecule has 0 unspecified atom stereocenters. The number of carbonyl (C=O) groups excluding carboxylic acids is 1. The summed E-state index contributed by atoms with van der Waals surface area (Å²) in [7, 11) is 4.22. The van der Waals surface area contributed by atoms with Crippen LogP contribution in [0.1, 0.15) is 23.3 Å². The normalized spacial score (nSPS) is 23.0. The van der Waals surface area contributed by atoms with Crippen LogP contribution in [0.15, 0.2) is 24.3 Å². The first-order chi connectivity index (χ1) is 12.1. The van der Waals surface area contributed by atoms with Crippen LogP contribution in [-0.2, 0) is 4.74 Å². The summed E-state index contributed by atoms with van der Waals surface area (Å²) < 4.78 is 5.60. The highest BCUT2D eigenvalue weighted by Crippen LogP contribution is 2.44. The van der Waals surface area contributed by atoms with E-state index < -0.39 is 0 Å². The summed E-state index contributed by atoms with van der Waals surface area (Å²) in [6, 6.07) is 7.82. The fraction of sp³-hybridized carbons (Fsp3) is 0.579. The summed E-state index contributed by atoms with van der Waals surface area (Å²) in [6.07, 6.45) is 2.08. The molecule has 6 nitrogen and oxygen atoms in total. The number of amides is 1. The number of aromatic nitrogens is 2. The van der Waals surface area contributed by atoms with Gasteiger partial charge in [0, 0.05) is 38.2 Å². The van der Waals surface area contributed by atoms with Crippen molar-refractivity contribution in [3.63, 3.8) is 0 Å². The lowest BCUT2D eigenvalue weighted by Crippen LogP contribution is -2.40. The molecular weight excluding hydrogens is 316 g/mol. The minimum absolute atomic E-state index is 0.0459. The Morgan fingerprint density at radius 2 is 2.12 bits per heavy atom. The highest BCUT2D eigenvalue weighted by Gasteiger charge is 2.48. The number of H-pyrrole nitrogens is 1. The molecule has 0 bridgehead atoms. The Balaban J connectivity index is 1.61. The van der Waals surface area contributed by atoms with Gasteiger partial charge in [-0.05, 0) is 44.3 Å². The van der Waals surface area contributed by atoms with Crippen molar-refractivity contribution in [2.45, 2.75) is 12.8 Å². The number of para-hydroxylation sites is 1. The van der Waals surface area contributed by atoms with Crippen LogP contribution in [0, 0.1) is 11.3 Å². The van der Waals surface area contributed by atoms with Crippen molar-refractivity contribution in [1.82, 2.24) is 20.0 Å². The zero-order chi connectivity index (χ0) is 17.4. The van der Waals surface area contributed by atoms with Crippen LogP contribution in [0.25, 0.3) is 10.9 Å². The van der Waals surface area contributed by atoms with E-state index >= 15 is 0 Å². The average molecular weight is 342 g/mol. The lowest BCUT2D eigenvalue weighted by molar-refractivity contribution is -0.00452. The number of likely N-dealkylation sites (tertiary alicyclic amines) is 1. The number of ether oxygens (including phenoxy) is 1. The van der Waals surface area contributed by atoms with E-state index in [2.05, 4.69) is 29.2 Å². The maximum absolute atomic E-state index is 13.2. The SMILES string of the molecule is CN(C)C[C@@H]1CN(C(=O)c2n[nH]c3ccccc23)CC12CCOCC2. The van der Waals surface area contributed by atoms with Gasteiger partial charge in [0.15, 0.2) is 5.69 Å². The van der Waals surface area contributed by atoms with Crippen LogP contribution < -0.4 is 0 Å². The second kappa shape index (κ2) is 6.42. The Kier molecular flexibility index (Phi) is 4.25. The summed E-state index contributed by atoms with van der Waals surface area (Å²) in [5.74, 6) is 0.533. The molecule has 1 aromatic heterocycles. The van der Waals surface area contributed by atoms with Gasteiger partial charge in [0.1, 0.15) is 0 Å². The molecule has 6 heteroatoms. The first-order valence-electron chi connectivity index (χ1n) is 9.04. The molecule has 2 aliphatic heterocycles. The molecule has 1 aromatic carbocycles. The zero-order valence-electron chi connectivity index (χ0n) is 15.0. The highest BCUT2D eigenvalue weighted by atomic mass is 16.5. The lowest BCUT2D eigenvalue weighted by atomic mass is 9.72. The summed E-state index contributed by atoms with van der Waals surface area (Å²) in [4.78, 5) is 17.4. The van der Waals surface area contributed by atoms with E-state index in [0.29, 0.717) is 11.6 Å². The first-order valence-corrected chi connectivity index (χ1v) is 9.04. The molecular formula is C19H26N4O2. The molecule has 3 heterocycles. The lowest BCUT2D eigenvalue weighted by Gasteiger charge is -2.38. The van der Waals surface area contributed by atoms with Gasteiger partial charge in [-0.3, -0.25) is 9.89 Å². The summed E-state index contributed by atoms with van der Waals surface area (Å²) in [5, 5.41) is 8.20. The summed E-state index contributed by atoms with van der Waals surface area (Å²) >= 11 is 0. The molecule has 2 aliphatic rings. The van der Waals surface area contributed by atoms with E-state index in [9.17, 15) is 4.79 Å². The van der Waals surface area contributed by atoms with Crippen molar-refractivity contribution in [2.75, 3.05) is 46.9 Å². The number of aromatic amines is 1. The molecule has 2 saturated heterocycles. The zero-order valence-corrected chi connectivity index (χ0v) is 15.0. The second-order valence-electron chi connectivity index (χ2n) is 7.74. The molecule has 0 saturated carbocycles. The predicted octanol–water partition coefficient (Wildman–Crippen LogP) is 1.99. The Hall–Kier alpha value is -1.92. The van der Waals surface area contributed by atoms with Gasteiger partial charge in [-0.2, -0.15) is 5.10 Å². The highest BCUT2D eigenvalue weighted by molar-refractivity contribution is 6.04. The van der Waals surface area contributed by atoms with E-state index in [1.165, 1.54) is 0 Å². The van der Waals surface area contributed by atoms with Crippen molar-refractivity contribution in [1.29, 1.82) is 0 Å². The maximum Gasteiger partial charge on any atom is 0.275 e. The molecule has 1 atom stereocenters. The van der Waals surface area contributed by atoms with E-state index in [4.69, 9.17) is 4.74 Å². The van der Waals surface area contributed by atoms with E-state index in [1.54, 1.807) is 0 Å². The Morgan fingerprint density at radius 1 is 1.36 bits per heavy atom. The standard InChI is InChI=1S/C19H26N4O2/c1-22(2)11-14-12-23(13-19(14)7-9-25-10-8-19)18(24)17-15-5-3-4-6-16(15)20-21-17/h3-6,14H,7-13H2,1-2H3,(H,20,21)/t14-/m1/s1.